The van der Waals surface area contributed by atoms with Gasteiger partial charge in [-0.25, -0.2) is 0 Å². The largest absolute Gasteiger partial charge is 0.493 e. The third-order valence-corrected chi connectivity index (χ3v) is 6.39. The highest BCUT2D eigenvalue weighted by molar-refractivity contribution is 5.79. The van der Waals surface area contributed by atoms with Gasteiger partial charge in [0, 0.05) is 18.9 Å². The molecule has 1 aliphatic carbocycles. The van der Waals surface area contributed by atoms with Crippen molar-refractivity contribution in [2.24, 2.45) is 11.8 Å². The number of esters is 1. The Hall–Kier alpha value is -2.92. The van der Waals surface area contributed by atoms with E-state index in [2.05, 4.69) is 18.2 Å². The van der Waals surface area contributed by atoms with E-state index in [-0.39, 0.29) is 30.0 Å². The van der Waals surface area contributed by atoms with E-state index in [1.807, 2.05) is 42.5 Å². The number of hydrogen-bond donors (Lipinski definition) is 0. The van der Waals surface area contributed by atoms with Crippen LogP contribution in [0.5, 0.6) is 5.75 Å². The lowest BCUT2D eigenvalue weighted by molar-refractivity contribution is -0.139. The maximum absolute atomic E-state index is 12.2. The van der Waals surface area contributed by atoms with Crippen LogP contribution in [0.4, 0.5) is 0 Å². The van der Waals surface area contributed by atoms with E-state index >= 15 is 0 Å². The number of hydrogen-bond acceptors (Lipinski definition) is 5. The molecule has 0 saturated carbocycles. The molecule has 0 fully saturated rings. The molecule has 0 amide bonds. The Kier molecular flexibility index (Phi) is 10.4. The van der Waals surface area contributed by atoms with Crippen LogP contribution in [-0.4, -0.2) is 32.1 Å². The van der Waals surface area contributed by atoms with Gasteiger partial charge in [0.25, 0.3) is 0 Å². The molecular weight excluding hydrogens is 428 g/mol. The number of Topliss-reactive ketones (excluding diaryl/α,β-unsaturated/α-hetero) is 1. The minimum Gasteiger partial charge on any atom is -0.493 e. The van der Waals surface area contributed by atoms with Gasteiger partial charge in [-0.2, -0.15) is 0 Å². The molecule has 5 nitrogen and oxygen atoms in total. The van der Waals surface area contributed by atoms with Gasteiger partial charge in [0.2, 0.25) is 0 Å². The second-order valence-corrected chi connectivity index (χ2v) is 8.92. The summed E-state index contributed by atoms with van der Waals surface area (Å²) in [7, 11) is 1.39. The Morgan fingerprint density at radius 1 is 0.971 bits per heavy atom. The van der Waals surface area contributed by atoms with Gasteiger partial charge in [0.1, 0.15) is 11.5 Å². The maximum Gasteiger partial charge on any atom is 0.309 e. The molecule has 0 saturated heterocycles. The molecule has 2 aromatic rings. The van der Waals surface area contributed by atoms with Crippen LogP contribution in [0, 0.1) is 11.8 Å². The van der Waals surface area contributed by atoms with Gasteiger partial charge in [-0.3, -0.25) is 9.59 Å². The van der Waals surface area contributed by atoms with Gasteiger partial charge in [0.05, 0.1) is 26.7 Å². The molecule has 0 spiro atoms. The first-order valence-corrected chi connectivity index (χ1v) is 12.2. The highest BCUT2D eigenvalue weighted by atomic mass is 16.5. The number of carbonyl (C=O) groups is 2. The fourth-order valence-corrected chi connectivity index (χ4v) is 4.48. The highest BCUT2D eigenvalue weighted by Gasteiger charge is 2.27. The normalized spacial score (nSPS) is 17.6. The molecule has 0 unspecified atom stereocenters. The van der Waals surface area contributed by atoms with Crippen molar-refractivity contribution >= 4 is 11.8 Å². The Labute approximate surface area is 203 Å². The molecule has 5 heteroatoms. The lowest BCUT2D eigenvalue weighted by Crippen LogP contribution is -2.25. The molecule has 2 aromatic carbocycles. The van der Waals surface area contributed by atoms with Crippen molar-refractivity contribution in [3.63, 3.8) is 0 Å². The van der Waals surface area contributed by atoms with E-state index in [1.165, 1.54) is 18.2 Å². The molecule has 0 bridgehead atoms. The lowest BCUT2D eigenvalue weighted by atomic mass is 9.76. The zero-order valence-corrected chi connectivity index (χ0v) is 20.3. The third kappa shape index (κ3) is 8.45. The Balaban J connectivity index is 1.43. The Morgan fingerprint density at radius 2 is 1.74 bits per heavy atom. The van der Waals surface area contributed by atoms with Crippen molar-refractivity contribution in [3.05, 3.63) is 77.4 Å². The number of benzene rings is 2. The van der Waals surface area contributed by atoms with E-state index < -0.39 is 0 Å². The van der Waals surface area contributed by atoms with Crippen LogP contribution in [0.15, 0.2) is 66.2 Å². The van der Waals surface area contributed by atoms with E-state index in [1.54, 1.807) is 6.92 Å². The first-order valence-electron chi connectivity index (χ1n) is 12.2. The highest BCUT2D eigenvalue weighted by Crippen LogP contribution is 2.34. The number of allylic oxidation sites excluding steroid dienone is 1. The van der Waals surface area contributed by atoms with Crippen LogP contribution in [-0.2, 0) is 32.1 Å². The van der Waals surface area contributed by atoms with Crippen molar-refractivity contribution in [2.75, 3.05) is 20.3 Å². The topological polar surface area (TPSA) is 61.8 Å². The molecule has 0 radical (unpaired) electrons. The van der Waals surface area contributed by atoms with Crippen molar-refractivity contribution in [1.82, 2.24) is 0 Å². The smallest absolute Gasteiger partial charge is 0.309 e. The van der Waals surface area contributed by atoms with E-state index in [0.29, 0.717) is 19.8 Å². The molecular formula is C29H36O5. The minimum atomic E-state index is -0.251. The van der Waals surface area contributed by atoms with E-state index in [4.69, 9.17) is 14.2 Å². The first kappa shape index (κ1) is 25.7. The average molecular weight is 465 g/mol. The Bertz CT molecular complexity index is 933. The molecule has 0 aliphatic heterocycles. The predicted octanol–water partition coefficient (Wildman–Crippen LogP) is 5.71. The average Bonchev–Trinajstić information content (AvgIpc) is 2.85. The summed E-state index contributed by atoms with van der Waals surface area (Å²) in [6.45, 7) is 3.65. The summed E-state index contributed by atoms with van der Waals surface area (Å²) in [5.41, 5.74) is 3.46. The van der Waals surface area contributed by atoms with Crippen LogP contribution in [0.25, 0.3) is 0 Å². The monoisotopic (exact) mass is 464 g/mol. The second-order valence-electron chi connectivity index (χ2n) is 8.92. The fourth-order valence-electron chi connectivity index (χ4n) is 4.48. The zero-order valence-electron chi connectivity index (χ0n) is 20.3. The van der Waals surface area contributed by atoms with Gasteiger partial charge in [-0.05, 0) is 61.8 Å². The van der Waals surface area contributed by atoms with Gasteiger partial charge >= 0.3 is 5.97 Å². The molecule has 0 heterocycles. The predicted molar refractivity (Wildman–Crippen MR) is 133 cm³/mol. The quantitative estimate of drug-likeness (QED) is 0.216. The van der Waals surface area contributed by atoms with Crippen molar-refractivity contribution in [2.45, 2.75) is 52.1 Å². The Morgan fingerprint density at radius 3 is 2.44 bits per heavy atom. The second kappa shape index (κ2) is 13.7. The number of methoxy groups -OCH3 is 1. The van der Waals surface area contributed by atoms with Crippen molar-refractivity contribution in [1.29, 1.82) is 0 Å². The number of rotatable bonds is 13. The number of ketones is 1. The SMILES string of the molecule is COC(=O)Cc1ccc(OCCC2=C[C@@H](CCCOCc3ccccc3)[C@H](C(C)=O)CC2)cc1. The summed E-state index contributed by atoms with van der Waals surface area (Å²) < 4.78 is 16.4. The van der Waals surface area contributed by atoms with Gasteiger partial charge in [-0.1, -0.05) is 54.1 Å². The van der Waals surface area contributed by atoms with Gasteiger partial charge in [-0.15, -0.1) is 0 Å². The molecule has 34 heavy (non-hydrogen) atoms. The van der Waals surface area contributed by atoms with Crippen molar-refractivity contribution in [3.8, 4) is 5.75 Å². The number of carbonyl (C=O) groups excluding carboxylic acids is 2. The number of ether oxygens (including phenoxy) is 3. The van der Waals surface area contributed by atoms with Crippen LogP contribution < -0.4 is 4.74 Å². The van der Waals surface area contributed by atoms with E-state index in [0.717, 1.165) is 43.4 Å². The van der Waals surface area contributed by atoms with Gasteiger partial charge in [0.15, 0.2) is 0 Å². The molecule has 3 rings (SSSR count). The standard InChI is InChI=1S/C29H36O5/c1-22(30)28-15-12-24(16-18-34-27-13-10-23(11-14-27)20-29(31)32-2)19-26(28)9-6-17-33-21-25-7-4-3-5-8-25/h3-5,7-8,10-11,13-14,19,26,28H,6,9,12,15-18,20-21H2,1-2H3/t26-,28+/m1/s1. The summed E-state index contributed by atoms with van der Waals surface area (Å²) in [5, 5.41) is 0. The zero-order chi connectivity index (χ0) is 24.2. The van der Waals surface area contributed by atoms with Crippen molar-refractivity contribution < 1.29 is 23.8 Å². The molecule has 0 aromatic heterocycles. The molecule has 0 N–H and O–H groups in total. The minimum absolute atomic E-state index is 0.112. The summed E-state index contributed by atoms with van der Waals surface area (Å²) in [6, 6.07) is 17.7. The van der Waals surface area contributed by atoms with Crippen LogP contribution in [0.1, 0.15) is 50.2 Å². The molecule has 182 valence electrons. The van der Waals surface area contributed by atoms with E-state index in [9.17, 15) is 9.59 Å². The molecule has 1 aliphatic rings. The third-order valence-electron chi connectivity index (χ3n) is 6.39. The molecule has 2 atom stereocenters. The maximum atomic E-state index is 12.2. The first-order chi connectivity index (χ1) is 16.5. The summed E-state index contributed by atoms with van der Waals surface area (Å²) in [5.74, 6) is 1.21. The van der Waals surface area contributed by atoms with Gasteiger partial charge < -0.3 is 14.2 Å². The summed E-state index contributed by atoms with van der Waals surface area (Å²) in [6.07, 6.45) is 7.21. The van der Waals surface area contributed by atoms with Crippen LogP contribution >= 0.6 is 0 Å². The van der Waals surface area contributed by atoms with Crippen LogP contribution in [0.3, 0.4) is 0 Å². The van der Waals surface area contributed by atoms with Crippen LogP contribution in [0.2, 0.25) is 0 Å². The summed E-state index contributed by atoms with van der Waals surface area (Å²) >= 11 is 0. The fraction of sp³-hybridized carbons (Fsp3) is 0.448. The lowest BCUT2D eigenvalue weighted by Gasteiger charge is -2.29. The summed E-state index contributed by atoms with van der Waals surface area (Å²) in [4.78, 5) is 23.6.